The van der Waals surface area contributed by atoms with Crippen molar-refractivity contribution in [2.75, 3.05) is 33.3 Å². The fraction of sp³-hybridized carbons (Fsp3) is 0.600. The highest BCUT2D eigenvalue weighted by atomic mass is 19.4. The van der Waals surface area contributed by atoms with Crippen LogP contribution in [-0.4, -0.2) is 44.6 Å². The number of hydrogen-bond acceptors (Lipinski definition) is 4. The summed E-state index contributed by atoms with van der Waals surface area (Å²) in [6, 6.07) is 4.25. The number of methoxy groups -OCH3 is 1. The summed E-state index contributed by atoms with van der Waals surface area (Å²) in [5, 5.41) is 3.27. The van der Waals surface area contributed by atoms with Crippen LogP contribution in [0, 0.1) is 0 Å². The Balaban J connectivity index is 2.30. The van der Waals surface area contributed by atoms with Gasteiger partial charge in [0, 0.05) is 37.8 Å². The number of nitrogens with zero attached hydrogens (tertiary/aromatic N) is 1. The number of nitrogens with one attached hydrogen (secondary N) is 1. The molecule has 0 spiro atoms. The Labute approximate surface area is 128 Å². The lowest BCUT2D eigenvalue weighted by atomic mass is 10.0. The molecule has 22 heavy (non-hydrogen) atoms. The van der Waals surface area contributed by atoms with Crippen molar-refractivity contribution < 1.29 is 22.6 Å². The summed E-state index contributed by atoms with van der Waals surface area (Å²) in [7, 11) is 1.52. The second kappa shape index (κ2) is 7.19. The molecule has 4 nitrogen and oxygen atoms in total. The number of alkyl halides is 3. The van der Waals surface area contributed by atoms with Crippen LogP contribution >= 0.6 is 0 Å². The zero-order valence-electron chi connectivity index (χ0n) is 12.7. The summed E-state index contributed by atoms with van der Waals surface area (Å²) >= 11 is 0. The maximum atomic E-state index is 12.4. The summed E-state index contributed by atoms with van der Waals surface area (Å²) in [4.78, 5) is 2.26. The van der Waals surface area contributed by atoms with E-state index < -0.39 is 6.36 Å². The summed E-state index contributed by atoms with van der Waals surface area (Å²) < 4.78 is 46.6. The van der Waals surface area contributed by atoms with E-state index in [0.717, 1.165) is 38.2 Å². The van der Waals surface area contributed by atoms with Crippen LogP contribution in [0.4, 0.5) is 13.2 Å². The van der Waals surface area contributed by atoms with E-state index in [9.17, 15) is 13.2 Å². The van der Waals surface area contributed by atoms with E-state index in [0.29, 0.717) is 5.75 Å². The molecule has 124 valence electrons. The molecule has 1 fully saturated rings. The molecule has 0 unspecified atom stereocenters. The van der Waals surface area contributed by atoms with Gasteiger partial charge in [-0.3, -0.25) is 4.90 Å². The fourth-order valence-electron chi connectivity index (χ4n) is 2.84. The molecule has 1 saturated heterocycles. The fourth-order valence-corrected chi connectivity index (χ4v) is 2.84. The van der Waals surface area contributed by atoms with Crippen LogP contribution < -0.4 is 14.8 Å². The lowest BCUT2D eigenvalue weighted by Crippen LogP contribution is -2.45. The smallest absolute Gasteiger partial charge is 0.496 e. The molecule has 2 rings (SSSR count). The molecule has 0 aromatic heterocycles. The molecule has 0 amide bonds. The zero-order valence-corrected chi connectivity index (χ0v) is 12.7. The van der Waals surface area contributed by atoms with E-state index in [1.165, 1.54) is 25.3 Å². The Morgan fingerprint density at radius 1 is 1.27 bits per heavy atom. The number of hydrogen-bond donors (Lipinski definition) is 1. The molecular formula is C15H21F3N2O2. The van der Waals surface area contributed by atoms with Gasteiger partial charge in [-0.05, 0) is 24.6 Å². The van der Waals surface area contributed by atoms with Gasteiger partial charge in [0.15, 0.2) is 0 Å². The molecule has 1 aliphatic rings. The van der Waals surface area contributed by atoms with E-state index in [1.807, 2.05) is 6.92 Å². The van der Waals surface area contributed by atoms with Gasteiger partial charge in [-0.2, -0.15) is 0 Å². The minimum absolute atomic E-state index is 0.00818. The van der Waals surface area contributed by atoms with Crippen molar-refractivity contribution in [2.45, 2.75) is 25.7 Å². The first kappa shape index (κ1) is 16.9. The Morgan fingerprint density at radius 3 is 2.50 bits per heavy atom. The first-order valence-electron chi connectivity index (χ1n) is 7.33. The van der Waals surface area contributed by atoms with Crippen LogP contribution in [0.3, 0.4) is 0 Å². The molecule has 1 N–H and O–H groups in total. The number of benzene rings is 1. The van der Waals surface area contributed by atoms with Gasteiger partial charge < -0.3 is 14.8 Å². The van der Waals surface area contributed by atoms with E-state index in [1.54, 1.807) is 0 Å². The van der Waals surface area contributed by atoms with Crippen molar-refractivity contribution in [3.8, 4) is 11.5 Å². The Hall–Kier alpha value is -1.47. The Morgan fingerprint density at radius 2 is 1.95 bits per heavy atom. The summed E-state index contributed by atoms with van der Waals surface area (Å²) in [6.07, 6.45) is -3.91. The van der Waals surface area contributed by atoms with Gasteiger partial charge in [-0.15, -0.1) is 13.2 Å². The summed E-state index contributed by atoms with van der Waals surface area (Å²) in [6.45, 7) is 5.47. The van der Waals surface area contributed by atoms with Gasteiger partial charge in [-0.1, -0.05) is 6.92 Å². The third-order valence-corrected chi connectivity index (χ3v) is 3.77. The third kappa shape index (κ3) is 4.27. The van der Waals surface area contributed by atoms with Crippen LogP contribution in [0.15, 0.2) is 18.2 Å². The minimum atomic E-state index is -4.69. The highest BCUT2D eigenvalue weighted by Crippen LogP contribution is 2.36. The van der Waals surface area contributed by atoms with Crippen LogP contribution in [0.2, 0.25) is 0 Å². The van der Waals surface area contributed by atoms with Gasteiger partial charge in [0.05, 0.1) is 7.11 Å². The molecule has 1 aliphatic heterocycles. The van der Waals surface area contributed by atoms with Gasteiger partial charge in [0.25, 0.3) is 0 Å². The topological polar surface area (TPSA) is 33.7 Å². The van der Waals surface area contributed by atoms with Crippen molar-refractivity contribution >= 4 is 0 Å². The normalized spacial score (nSPS) is 18.0. The summed E-state index contributed by atoms with van der Waals surface area (Å²) in [5.41, 5.74) is 0.730. The number of piperazine rings is 1. The number of ether oxygens (including phenoxy) is 2. The molecular weight excluding hydrogens is 297 g/mol. The van der Waals surface area contributed by atoms with Gasteiger partial charge in [-0.25, -0.2) is 0 Å². The third-order valence-electron chi connectivity index (χ3n) is 3.77. The molecule has 1 heterocycles. The van der Waals surface area contributed by atoms with Crippen molar-refractivity contribution in [1.82, 2.24) is 10.2 Å². The molecule has 0 radical (unpaired) electrons. The minimum Gasteiger partial charge on any atom is -0.496 e. The second-order valence-corrected chi connectivity index (χ2v) is 5.16. The lowest BCUT2D eigenvalue weighted by Gasteiger charge is -2.35. The Bertz CT molecular complexity index is 488. The first-order valence-corrected chi connectivity index (χ1v) is 7.33. The van der Waals surface area contributed by atoms with E-state index >= 15 is 0 Å². The molecule has 1 aromatic rings. The monoisotopic (exact) mass is 318 g/mol. The van der Waals surface area contributed by atoms with Crippen molar-refractivity contribution in [1.29, 1.82) is 0 Å². The van der Waals surface area contributed by atoms with E-state index in [4.69, 9.17) is 4.74 Å². The van der Waals surface area contributed by atoms with Gasteiger partial charge in [0.1, 0.15) is 11.5 Å². The molecule has 1 aromatic carbocycles. The quantitative estimate of drug-likeness (QED) is 0.905. The number of rotatable bonds is 5. The van der Waals surface area contributed by atoms with E-state index in [-0.39, 0.29) is 11.8 Å². The van der Waals surface area contributed by atoms with Crippen molar-refractivity contribution in [3.05, 3.63) is 23.8 Å². The maximum Gasteiger partial charge on any atom is 0.573 e. The van der Waals surface area contributed by atoms with Gasteiger partial charge >= 0.3 is 6.36 Å². The lowest BCUT2D eigenvalue weighted by molar-refractivity contribution is -0.274. The van der Waals surface area contributed by atoms with Gasteiger partial charge in [0.2, 0.25) is 0 Å². The van der Waals surface area contributed by atoms with Crippen LogP contribution in [0.5, 0.6) is 11.5 Å². The van der Waals surface area contributed by atoms with Crippen LogP contribution in [0.25, 0.3) is 0 Å². The molecule has 0 saturated carbocycles. The second-order valence-electron chi connectivity index (χ2n) is 5.16. The van der Waals surface area contributed by atoms with E-state index in [2.05, 4.69) is 15.0 Å². The molecule has 7 heteroatoms. The molecule has 1 atom stereocenters. The largest absolute Gasteiger partial charge is 0.573 e. The number of halogens is 3. The predicted octanol–water partition coefficient (Wildman–Crippen LogP) is 2.95. The Kier molecular flexibility index (Phi) is 5.52. The first-order chi connectivity index (χ1) is 10.4. The average Bonchev–Trinajstić information content (AvgIpc) is 2.48. The highest BCUT2D eigenvalue weighted by molar-refractivity contribution is 5.42. The maximum absolute atomic E-state index is 12.4. The zero-order chi connectivity index (χ0) is 16.2. The molecule has 0 bridgehead atoms. The SMILES string of the molecule is CC[C@@H](c1cc(OC(F)(F)F)ccc1OC)N1CCNCC1. The average molecular weight is 318 g/mol. The predicted molar refractivity (Wildman–Crippen MR) is 77.2 cm³/mol. The van der Waals surface area contributed by atoms with Crippen molar-refractivity contribution in [3.63, 3.8) is 0 Å². The van der Waals surface area contributed by atoms with Crippen molar-refractivity contribution in [2.24, 2.45) is 0 Å². The standard InChI is InChI=1S/C15H21F3N2O2/c1-3-13(20-8-6-19-7-9-20)12-10-11(22-15(16,17)18)4-5-14(12)21-2/h4-5,10,13,19H,3,6-9H2,1-2H3/t13-/m0/s1. The summed E-state index contributed by atoms with van der Waals surface area (Å²) in [5.74, 6) is 0.372. The van der Waals surface area contributed by atoms with Crippen LogP contribution in [0.1, 0.15) is 24.9 Å². The highest BCUT2D eigenvalue weighted by Gasteiger charge is 2.32. The van der Waals surface area contributed by atoms with Crippen LogP contribution in [-0.2, 0) is 0 Å². The molecule has 0 aliphatic carbocycles.